The Labute approximate surface area is 145 Å². The van der Waals surface area contributed by atoms with E-state index in [4.69, 9.17) is 4.42 Å². The molecule has 3 aromatic heterocycles. The molecule has 0 saturated heterocycles. The second-order valence-electron chi connectivity index (χ2n) is 5.01. The van der Waals surface area contributed by atoms with Crippen LogP contribution in [0.5, 0.6) is 0 Å². The Morgan fingerprint density at radius 2 is 2.04 bits per heavy atom. The van der Waals surface area contributed by atoms with Crippen LogP contribution in [0.4, 0.5) is 0 Å². The summed E-state index contributed by atoms with van der Waals surface area (Å²) in [5, 5.41) is 10.3. The molecule has 0 spiro atoms. The van der Waals surface area contributed by atoms with Gasteiger partial charge in [0.1, 0.15) is 4.70 Å². The van der Waals surface area contributed by atoms with E-state index >= 15 is 0 Å². The molecule has 4 aromatic rings. The number of thiophene rings is 1. The number of benzene rings is 1. The molecule has 0 fully saturated rings. The van der Waals surface area contributed by atoms with Crippen LogP contribution in [0.2, 0.25) is 0 Å². The number of hydrogen-bond donors (Lipinski definition) is 0. The van der Waals surface area contributed by atoms with Crippen molar-refractivity contribution in [3.05, 3.63) is 63.9 Å². The standard InChI is InChI=1S/C16H12N4O2S2/c1-10-18-19-13(22-10)9-24-16-17-12-7-8-23-14(12)15(21)20(16)11-5-3-2-4-6-11/h2-8H,9H2,1H3. The van der Waals surface area contributed by atoms with Crippen molar-refractivity contribution in [1.82, 2.24) is 19.7 Å². The smallest absolute Gasteiger partial charge is 0.276 e. The molecule has 24 heavy (non-hydrogen) atoms. The summed E-state index contributed by atoms with van der Waals surface area (Å²) in [5.41, 5.74) is 1.43. The second kappa shape index (κ2) is 6.21. The third-order valence-electron chi connectivity index (χ3n) is 3.36. The number of hydrogen-bond acceptors (Lipinski definition) is 7. The van der Waals surface area contributed by atoms with Crippen LogP contribution in [0.25, 0.3) is 15.9 Å². The summed E-state index contributed by atoms with van der Waals surface area (Å²) in [7, 11) is 0. The molecule has 0 saturated carbocycles. The van der Waals surface area contributed by atoms with Gasteiger partial charge in [-0.2, -0.15) is 0 Å². The van der Waals surface area contributed by atoms with E-state index in [1.165, 1.54) is 23.1 Å². The maximum atomic E-state index is 12.9. The minimum Gasteiger partial charge on any atom is -0.425 e. The highest BCUT2D eigenvalue weighted by molar-refractivity contribution is 7.98. The average molecular weight is 356 g/mol. The zero-order valence-corrected chi connectivity index (χ0v) is 14.3. The highest BCUT2D eigenvalue weighted by Gasteiger charge is 2.15. The normalized spacial score (nSPS) is 11.2. The topological polar surface area (TPSA) is 73.8 Å². The summed E-state index contributed by atoms with van der Waals surface area (Å²) in [6.07, 6.45) is 0. The van der Waals surface area contributed by atoms with Crippen molar-refractivity contribution >= 4 is 33.3 Å². The fraction of sp³-hybridized carbons (Fsp3) is 0.125. The van der Waals surface area contributed by atoms with Crippen LogP contribution >= 0.6 is 23.1 Å². The van der Waals surface area contributed by atoms with Gasteiger partial charge in [-0.05, 0) is 23.6 Å². The fourth-order valence-electron chi connectivity index (χ4n) is 2.32. The molecule has 120 valence electrons. The summed E-state index contributed by atoms with van der Waals surface area (Å²) in [6.45, 7) is 1.75. The van der Waals surface area contributed by atoms with Crippen molar-refractivity contribution in [3.8, 4) is 5.69 Å². The van der Waals surface area contributed by atoms with Crippen LogP contribution in [0.3, 0.4) is 0 Å². The molecule has 8 heteroatoms. The molecular formula is C16H12N4O2S2. The van der Waals surface area contributed by atoms with Gasteiger partial charge in [-0.1, -0.05) is 30.0 Å². The summed E-state index contributed by atoms with van der Waals surface area (Å²) < 4.78 is 7.68. The lowest BCUT2D eigenvalue weighted by atomic mass is 10.3. The first kappa shape index (κ1) is 15.1. The molecule has 0 unspecified atom stereocenters. The van der Waals surface area contributed by atoms with Crippen molar-refractivity contribution in [2.75, 3.05) is 0 Å². The maximum absolute atomic E-state index is 12.9. The molecule has 0 aliphatic carbocycles. The van der Waals surface area contributed by atoms with Gasteiger partial charge in [-0.3, -0.25) is 9.36 Å². The number of nitrogens with zero attached hydrogens (tertiary/aromatic N) is 4. The third-order valence-corrected chi connectivity index (χ3v) is 5.17. The van der Waals surface area contributed by atoms with Gasteiger partial charge in [0.05, 0.1) is 17.0 Å². The second-order valence-corrected chi connectivity index (χ2v) is 6.87. The molecule has 0 aliphatic rings. The molecule has 1 aromatic carbocycles. The highest BCUT2D eigenvalue weighted by atomic mass is 32.2. The Hall–Kier alpha value is -2.45. The first-order valence-corrected chi connectivity index (χ1v) is 9.06. The predicted molar refractivity (Wildman–Crippen MR) is 93.8 cm³/mol. The fourth-order valence-corrected chi connectivity index (χ4v) is 3.92. The van der Waals surface area contributed by atoms with E-state index in [0.717, 1.165) is 5.69 Å². The van der Waals surface area contributed by atoms with Gasteiger partial charge in [0, 0.05) is 6.92 Å². The molecule has 0 N–H and O–H groups in total. The highest BCUT2D eigenvalue weighted by Crippen LogP contribution is 2.25. The maximum Gasteiger partial charge on any atom is 0.276 e. The van der Waals surface area contributed by atoms with E-state index in [9.17, 15) is 4.79 Å². The molecule has 0 aliphatic heterocycles. The SMILES string of the molecule is Cc1nnc(CSc2nc3ccsc3c(=O)n2-c2ccccc2)o1. The van der Waals surface area contributed by atoms with E-state index in [2.05, 4.69) is 15.2 Å². The van der Waals surface area contributed by atoms with Gasteiger partial charge in [0.2, 0.25) is 11.8 Å². The van der Waals surface area contributed by atoms with Crippen molar-refractivity contribution in [1.29, 1.82) is 0 Å². The molecule has 3 heterocycles. The molecular weight excluding hydrogens is 344 g/mol. The molecule has 0 amide bonds. The Morgan fingerprint density at radius 3 is 2.79 bits per heavy atom. The van der Waals surface area contributed by atoms with Crippen LogP contribution < -0.4 is 5.56 Å². The molecule has 0 bridgehead atoms. The Bertz CT molecular complexity index is 1050. The first-order valence-electron chi connectivity index (χ1n) is 7.20. The van der Waals surface area contributed by atoms with Crippen molar-refractivity contribution in [2.24, 2.45) is 0 Å². The number of rotatable bonds is 4. The van der Waals surface area contributed by atoms with Crippen LogP contribution in [0.1, 0.15) is 11.8 Å². The lowest BCUT2D eigenvalue weighted by molar-refractivity contribution is 0.485. The summed E-state index contributed by atoms with van der Waals surface area (Å²) in [5.74, 6) is 1.49. The average Bonchev–Trinajstić information content (AvgIpc) is 3.22. The quantitative estimate of drug-likeness (QED) is 0.412. The number of fused-ring (bicyclic) bond motifs is 1. The van der Waals surface area contributed by atoms with Gasteiger partial charge in [-0.25, -0.2) is 4.98 Å². The zero-order chi connectivity index (χ0) is 16.5. The number of aromatic nitrogens is 4. The number of aryl methyl sites for hydroxylation is 1. The van der Waals surface area contributed by atoms with E-state index in [-0.39, 0.29) is 5.56 Å². The summed E-state index contributed by atoms with van der Waals surface area (Å²) in [4.78, 5) is 17.5. The molecule has 6 nitrogen and oxygen atoms in total. The van der Waals surface area contributed by atoms with Crippen molar-refractivity contribution in [3.63, 3.8) is 0 Å². The van der Waals surface area contributed by atoms with Crippen LogP contribution in [-0.4, -0.2) is 19.7 Å². The number of para-hydroxylation sites is 1. The van der Waals surface area contributed by atoms with Crippen LogP contribution in [0, 0.1) is 6.92 Å². The van der Waals surface area contributed by atoms with Crippen molar-refractivity contribution in [2.45, 2.75) is 17.8 Å². The Kier molecular flexibility index (Phi) is 3.91. The lowest BCUT2D eigenvalue weighted by Gasteiger charge is -2.11. The lowest BCUT2D eigenvalue weighted by Crippen LogP contribution is -2.20. The van der Waals surface area contributed by atoms with Gasteiger partial charge in [-0.15, -0.1) is 21.5 Å². The van der Waals surface area contributed by atoms with Gasteiger partial charge in [0.15, 0.2) is 5.16 Å². The molecule has 0 atom stereocenters. The largest absolute Gasteiger partial charge is 0.425 e. The van der Waals surface area contributed by atoms with Gasteiger partial charge in [0.25, 0.3) is 5.56 Å². The molecule has 4 rings (SSSR count). The van der Waals surface area contributed by atoms with Gasteiger partial charge >= 0.3 is 0 Å². The van der Waals surface area contributed by atoms with E-state index in [1.807, 2.05) is 41.8 Å². The summed E-state index contributed by atoms with van der Waals surface area (Å²) >= 11 is 2.80. The van der Waals surface area contributed by atoms with E-state index in [1.54, 1.807) is 11.5 Å². The minimum absolute atomic E-state index is 0.0644. The number of thioether (sulfide) groups is 1. The first-order chi connectivity index (χ1) is 11.7. The van der Waals surface area contributed by atoms with E-state index in [0.29, 0.717) is 32.9 Å². The van der Waals surface area contributed by atoms with Gasteiger partial charge < -0.3 is 4.42 Å². The summed E-state index contributed by atoms with van der Waals surface area (Å²) in [6, 6.07) is 11.4. The molecule has 0 radical (unpaired) electrons. The van der Waals surface area contributed by atoms with E-state index < -0.39 is 0 Å². The Balaban J connectivity index is 1.82. The third kappa shape index (κ3) is 2.74. The van der Waals surface area contributed by atoms with Crippen molar-refractivity contribution < 1.29 is 4.42 Å². The van der Waals surface area contributed by atoms with Crippen LogP contribution in [-0.2, 0) is 5.75 Å². The zero-order valence-electron chi connectivity index (χ0n) is 12.7. The monoisotopic (exact) mass is 356 g/mol. The van der Waals surface area contributed by atoms with Crippen LogP contribution in [0.15, 0.2) is 56.1 Å². The minimum atomic E-state index is -0.0644. The predicted octanol–water partition coefficient (Wildman–Crippen LogP) is 3.43. The Morgan fingerprint density at radius 1 is 1.21 bits per heavy atom.